The summed E-state index contributed by atoms with van der Waals surface area (Å²) in [6, 6.07) is 14.9. The van der Waals surface area contributed by atoms with Crippen LogP contribution in [-0.4, -0.2) is 45.7 Å². The van der Waals surface area contributed by atoms with E-state index in [9.17, 15) is 18.5 Å². The molecule has 1 unspecified atom stereocenters. The Hall–Kier alpha value is -4.17. The first-order valence-electron chi connectivity index (χ1n) is 13.6. The van der Waals surface area contributed by atoms with Crippen LogP contribution in [0, 0.1) is 17.2 Å². The molecule has 11 heteroatoms. The number of sulfone groups is 1. The van der Waals surface area contributed by atoms with Gasteiger partial charge in [0.25, 0.3) is 0 Å². The molecule has 2 aromatic heterocycles. The molecule has 2 fully saturated rings. The van der Waals surface area contributed by atoms with Gasteiger partial charge in [0.15, 0.2) is 9.84 Å². The molecule has 206 valence electrons. The lowest BCUT2D eigenvalue weighted by molar-refractivity contribution is 0.108. The Morgan fingerprint density at radius 3 is 2.58 bits per heavy atom. The monoisotopic (exact) mass is 558 g/mol. The number of carbonyl (C=O) groups excluding carboxylic acids is 1. The zero-order valence-electron chi connectivity index (χ0n) is 22.2. The number of nitrogens with one attached hydrogen (secondary N) is 1. The molecule has 10 nitrogen and oxygen atoms in total. The number of rotatable bonds is 9. The first kappa shape index (κ1) is 26.1. The molecule has 2 aliphatic carbocycles. The fourth-order valence-corrected chi connectivity index (χ4v) is 6.50. The summed E-state index contributed by atoms with van der Waals surface area (Å²) in [5, 5.41) is 17.7. The summed E-state index contributed by atoms with van der Waals surface area (Å²) in [6.07, 6.45) is 7.45. The summed E-state index contributed by atoms with van der Waals surface area (Å²) < 4.78 is 35.5. The highest BCUT2D eigenvalue weighted by Crippen LogP contribution is 2.43. The summed E-state index contributed by atoms with van der Waals surface area (Å²) in [4.78, 5) is 16.4. The Labute approximate surface area is 232 Å². The van der Waals surface area contributed by atoms with Crippen molar-refractivity contribution >= 4 is 32.5 Å². The van der Waals surface area contributed by atoms with Gasteiger partial charge in [0.05, 0.1) is 34.0 Å². The molecular formula is C29H30N6O4S. The van der Waals surface area contributed by atoms with E-state index < -0.39 is 15.9 Å². The molecule has 0 spiro atoms. The summed E-state index contributed by atoms with van der Waals surface area (Å²) in [5.41, 5.74) is 3.42. The van der Waals surface area contributed by atoms with Crippen LogP contribution in [0.5, 0.6) is 0 Å². The maximum Gasteiger partial charge on any atom is 0.411 e. The van der Waals surface area contributed by atoms with Gasteiger partial charge in [0, 0.05) is 17.1 Å². The van der Waals surface area contributed by atoms with Crippen molar-refractivity contribution in [3.05, 3.63) is 60.7 Å². The predicted octanol–water partition coefficient (Wildman–Crippen LogP) is 5.32. The molecule has 2 aliphatic rings. The van der Waals surface area contributed by atoms with E-state index in [-0.39, 0.29) is 29.3 Å². The van der Waals surface area contributed by atoms with Gasteiger partial charge < -0.3 is 9.30 Å². The van der Waals surface area contributed by atoms with Crippen molar-refractivity contribution in [2.75, 3.05) is 11.1 Å². The second kappa shape index (κ2) is 10.4. The third-order valence-electron chi connectivity index (χ3n) is 7.93. The number of aryl methyl sites for hydroxylation is 1. The Morgan fingerprint density at radius 1 is 1.18 bits per heavy atom. The van der Waals surface area contributed by atoms with Crippen LogP contribution in [-0.2, 0) is 21.1 Å². The van der Waals surface area contributed by atoms with Crippen molar-refractivity contribution in [1.29, 1.82) is 5.26 Å². The van der Waals surface area contributed by atoms with E-state index >= 15 is 0 Å². The first-order chi connectivity index (χ1) is 19.3. The third-order valence-corrected chi connectivity index (χ3v) is 9.62. The minimum atomic E-state index is -3.60. The lowest BCUT2D eigenvalue weighted by Gasteiger charge is -2.30. The van der Waals surface area contributed by atoms with Crippen LogP contribution in [0.4, 0.5) is 10.5 Å². The standard InChI is InChI=1S/C29H30N6O4S/c1-19(20-5-6-20)39-29(36)33-22-9-7-21(8-10-22)28-26(16-30)25-12-11-24(15-27(25)35(28)23-3-2-4-23)40(37,38)14-13-34-18-31-17-32-34/h7-12,15,17-20,23H,2-6,13-14H2,1H3,(H,33,36). The number of ether oxygens (including phenoxy) is 1. The van der Waals surface area contributed by atoms with Crippen LogP contribution in [0.25, 0.3) is 22.2 Å². The van der Waals surface area contributed by atoms with Crippen LogP contribution in [0.2, 0.25) is 0 Å². The number of hydrogen-bond acceptors (Lipinski definition) is 7. The average Bonchev–Trinajstić information content (AvgIpc) is 3.55. The Bertz CT molecular complexity index is 1700. The molecule has 1 N–H and O–H groups in total. The summed E-state index contributed by atoms with van der Waals surface area (Å²) in [6.45, 7) is 2.11. The zero-order chi connectivity index (χ0) is 27.9. The Balaban J connectivity index is 1.33. The zero-order valence-corrected chi connectivity index (χ0v) is 23.0. The molecule has 2 heterocycles. The van der Waals surface area contributed by atoms with Gasteiger partial charge in [-0.1, -0.05) is 18.2 Å². The maximum atomic E-state index is 13.2. The van der Waals surface area contributed by atoms with E-state index in [1.54, 1.807) is 30.3 Å². The molecule has 0 radical (unpaired) electrons. The highest BCUT2D eigenvalue weighted by atomic mass is 32.2. The molecule has 0 bridgehead atoms. The van der Waals surface area contributed by atoms with Crippen LogP contribution in [0.15, 0.2) is 60.0 Å². The SMILES string of the molecule is CC(OC(=O)Nc1ccc(-c2c(C#N)c3ccc(S(=O)(=O)CCn4cncn4)cc3n2C2CCC2)cc1)C1CC1. The number of anilines is 1. The molecule has 1 amide bonds. The lowest BCUT2D eigenvalue weighted by Crippen LogP contribution is -2.21. The fraction of sp³-hybridized carbons (Fsp3) is 0.379. The van der Waals surface area contributed by atoms with Crippen molar-refractivity contribution < 1.29 is 17.9 Å². The summed E-state index contributed by atoms with van der Waals surface area (Å²) >= 11 is 0. The van der Waals surface area contributed by atoms with E-state index in [0.717, 1.165) is 54.3 Å². The van der Waals surface area contributed by atoms with E-state index in [0.29, 0.717) is 17.2 Å². The molecule has 6 rings (SSSR count). The summed E-state index contributed by atoms with van der Waals surface area (Å²) in [7, 11) is -3.60. The van der Waals surface area contributed by atoms with Crippen LogP contribution >= 0.6 is 0 Å². The number of nitrogens with zero attached hydrogens (tertiary/aromatic N) is 5. The number of amides is 1. The van der Waals surface area contributed by atoms with Gasteiger partial charge in [-0.05, 0) is 74.8 Å². The summed E-state index contributed by atoms with van der Waals surface area (Å²) in [5.74, 6) is 0.343. The number of benzene rings is 2. The van der Waals surface area contributed by atoms with Crippen molar-refractivity contribution in [1.82, 2.24) is 19.3 Å². The van der Waals surface area contributed by atoms with Crippen molar-refractivity contribution in [3.8, 4) is 17.3 Å². The van der Waals surface area contributed by atoms with Gasteiger partial charge in [0.2, 0.25) is 0 Å². The largest absolute Gasteiger partial charge is 0.446 e. The molecule has 0 saturated heterocycles. The highest BCUT2D eigenvalue weighted by molar-refractivity contribution is 7.91. The van der Waals surface area contributed by atoms with Crippen molar-refractivity contribution in [3.63, 3.8) is 0 Å². The van der Waals surface area contributed by atoms with E-state index in [2.05, 4.69) is 26.0 Å². The molecule has 1 atom stereocenters. The van der Waals surface area contributed by atoms with Crippen LogP contribution in [0.3, 0.4) is 0 Å². The Kier molecular flexibility index (Phi) is 6.80. The van der Waals surface area contributed by atoms with Gasteiger partial charge in [-0.25, -0.2) is 18.2 Å². The van der Waals surface area contributed by atoms with E-state index in [4.69, 9.17) is 4.74 Å². The maximum absolute atomic E-state index is 13.2. The smallest absolute Gasteiger partial charge is 0.411 e. The second-order valence-corrected chi connectivity index (χ2v) is 12.7. The van der Waals surface area contributed by atoms with Crippen molar-refractivity contribution in [2.24, 2.45) is 5.92 Å². The fourth-order valence-electron chi connectivity index (χ4n) is 5.27. The van der Waals surface area contributed by atoms with Crippen LogP contribution in [0.1, 0.15) is 50.6 Å². The Morgan fingerprint density at radius 2 is 1.95 bits per heavy atom. The van der Waals surface area contributed by atoms with Gasteiger partial charge >= 0.3 is 6.09 Å². The van der Waals surface area contributed by atoms with Crippen molar-refractivity contribution in [2.45, 2.75) is 62.6 Å². The molecule has 2 saturated carbocycles. The second-order valence-electron chi connectivity index (χ2n) is 10.6. The van der Waals surface area contributed by atoms with Gasteiger partial charge in [-0.2, -0.15) is 10.4 Å². The number of carbonyl (C=O) groups is 1. The topological polar surface area (TPSA) is 132 Å². The normalized spacial score (nSPS) is 16.3. The lowest BCUT2D eigenvalue weighted by atomic mass is 9.92. The van der Waals surface area contributed by atoms with Crippen LogP contribution < -0.4 is 5.32 Å². The third kappa shape index (κ3) is 5.07. The number of fused-ring (bicyclic) bond motifs is 1. The number of nitriles is 1. The number of aromatic nitrogens is 4. The molecular weight excluding hydrogens is 528 g/mol. The minimum absolute atomic E-state index is 0.105. The molecule has 2 aromatic carbocycles. The number of hydrogen-bond donors (Lipinski definition) is 1. The molecule has 4 aromatic rings. The molecule has 0 aliphatic heterocycles. The molecule has 40 heavy (non-hydrogen) atoms. The van der Waals surface area contributed by atoms with Gasteiger partial charge in [-0.3, -0.25) is 10.00 Å². The van der Waals surface area contributed by atoms with E-state index in [1.807, 2.05) is 19.1 Å². The van der Waals surface area contributed by atoms with Gasteiger partial charge in [0.1, 0.15) is 24.8 Å². The first-order valence-corrected chi connectivity index (χ1v) is 15.2. The minimum Gasteiger partial charge on any atom is -0.446 e. The van der Waals surface area contributed by atoms with E-state index in [1.165, 1.54) is 17.3 Å². The van der Waals surface area contributed by atoms with Gasteiger partial charge in [-0.15, -0.1) is 0 Å². The quantitative estimate of drug-likeness (QED) is 0.294. The highest BCUT2D eigenvalue weighted by Gasteiger charge is 2.31. The average molecular weight is 559 g/mol. The predicted molar refractivity (Wildman–Crippen MR) is 149 cm³/mol.